The fourth-order valence-corrected chi connectivity index (χ4v) is 3.01. The molecule has 0 fully saturated rings. The molecule has 0 heterocycles. The van der Waals surface area contributed by atoms with E-state index in [-0.39, 0.29) is 5.91 Å². The van der Waals surface area contributed by atoms with Gasteiger partial charge in [-0.1, -0.05) is 80.5 Å². The number of unbranched alkanes of at least 4 members (excludes halogenated alkanes) is 4. The molecule has 0 unspecified atom stereocenters. The van der Waals surface area contributed by atoms with Crippen molar-refractivity contribution in [1.82, 2.24) is 5.32 Å². The lowest BCUT2D eigenvalue weighted by atomic mass is 10.2. The van der Waals surface area contributed by atoms with Gasteiger partial charge in [-0.15, -0.1) is 0 Å². The fourth-order valence-electron chi connectivity index (χ4n) is 3.01. The van der Waals surface area contributed by atoms with E-state index in [1.807, 2.05) is 24.3 Å². The number of ether oxygens (including phenoxy) is 1. The quantitative estimate of drug-likeness (QED) is 0.209. The average Bonchev–Trinajstić information content (AvgIpc) is 2.80. The van der Waals surface area contributed by atoms with Crippen molar-refractivity contribution in [3.63, 3.8) is 0 Å². The number of rotatable bonds is 17. The Kier molecular flexibility index (Phi) is 16.6. The predicted molar refractivity (Wildman–Crippen MR) is 133 cm³/mol. The molecule has 1 rings (SSSR count). The van der Waals surface area contributed by atoms with E-state index in [1.165, 1.54) is 25.7 Å². The minimum absolute atomic E-state index is 0.0960. The van der Waals surface area contributed by atoms with Crippen LogP contribution in [0, 0.1) is 0 Å². The highest BCUT2D eigenvalue weighted by Gasteiger charge is 2.01. The van der Waals surface area contributed by atoms with E-state index in [4.69, 9.17) is 4.74 Å². The Bertz CT molecular complexity index is 701. The highest BCUT2D eigenvalue weighted by molar-refractivity contribution is 5.75. The molecule has 170 valence electrons. The van der Waals surface area contributed by atoms with Gasteiger partial charge in [0, 0.05) is 13.0 Å². The number of nitrogens with one attached hydrogen (secondary N) is 1. The van der Waals surface area contributed by atoms with Crippen molar-refractivity contribution in [2.75, 3.05) is 7.11 Å². The number of hydrogen-bond donors (Lipinski definition) is 1. The van der Waals surface area contributed by atoms with Crippen LogP contribution in [0.5, 0.6) is 5.75 Å². The molecule has 0 aliphatic carbocycles. The van der Waals surface area contributed by atoms with E-state index in [9.17, 15) is 4.79 Å². The molecule has 0 aliphatic rings. The second kappa shape index (κ2) is 19.4. The van der Waals surface area contributed by atoms with Gasteiger partial charge in [0.1, 0.15) is 5.75 Å². The van der Waals surface area contributed by atoms with Gasteiger partial charge in [0.25, 0.3) is 0 Å². The summed E-state index contributed by atoms with van der Waals surface area (Å²) in [7, 11) is 1.65. The molecule has 3 nitrogen and oxygen atoms in total. The molecule has 1 amide bonds. The van der Waals surface area contributed by atoms with Crippen LogP contribution in [0.25, 0.3) is 0 Å². The highest BCUT2D eigenvalue weighted by Crippen LogP contribution is 2.12. The Balaban J connectivity index is 1.99. The topological polar surface area (TPSA) is 38.3 Å². The monoisotopic (exact) mass is 423 g/mol. The van der Waals surface area contributed by atoms with Crippen LogP contribution in [-0.2, 0) is 11.3 Å². The first-order valence-corrected chi connectivity index (χ1v) is 11.8. The lowest BCUT2D eigenvalue weighted by molar-refractivity contribution is -0.121. The SMILES string of the molecule is CCCCCC=CCC=CCC=CCC=CCCCC(=O)NCc1cccc(OC)c1. The number of hydrogen-bond acceptors (Lipinski definition) is 2. The summed E-state index contributed by atoms with van der Waals surface area (Å²) in [5, 5.41) is 2.96. The van der Waals surface area contributed by atoms with Crippen LogP contribution in [0.1, 0.15) is 76.7 Å². The van der Waals surface area contributed by atoms with Crippen LogP contribution >= 0.6 is 0 Å². The van der Waals surface area contributed by atoms with Gasteiger partial charge >= 0.3 is 0 Å². The predicted octanol–water partition coefficient (Wildman–Crippen LogP) is 7.46. The molecule has 0 saturated carbocycles. The molecule has 0 aliphatic heterocycles. The molecule has 1 aromatic carbocycles. The number of benzene rings is 1. The number of amides is 1. The zero-order valence-corrected chi connectivity index (χ0v) is 19.5. The Morgan fingerprint density at radius 2 is 1.48 bits per heavy atom. The lowest BCUT2D eigenvalue weighted by Gasteiger charge is -2.06. The molecular weight excluding hydrogens is 382 g/mol. The van der Waals surface area contributed by atoms with Crippen LogP contribution in [0.2, 0.25) is 0 Å². The van der Waals surface area contributed by atoms with Gasteiger partial charge in [-0.3, -0.25) is 4.79 Å². The number of carbonyl (C=O) groups excluding carboxylic acids is 1. The van der Waals surface area contributed by atoms with Gasteiger partial charge in [-0.25, -0.2) is 0 Å². The smallest absolute Gasteiger partial charge is 0.220 e. The zero-order valence-electron chi connectivity index (χ0n) is 19.5. The summed E-state index contributed by atoms with van der Waals surface area (Å²) in [5.74, 6) is 0.908. The van der Waals surface area contributed by atoms with Crippen molar-refractivity contribution in [2.24, 2.45) is 0 Å². The van der Waals surface area contributed by atoms with Gasteiger partial charge in [0.15, 0.2) is 0 Å². The molecule has 0 aromatic heterocycles. The molecule has 0 radical (unpaired) electrons. The van der Waals surface area contributed by atoms with Gasteiger partial charge in [0.05, 0.1) is 7.11 Å². The molecule has 0 saturated heterocycles. The number of carbonyl (C=O) groups is 1. The zero-order chi connectivity index (χ0) is 22.4. The molecule has 1 N–H and O–H groups in total. The summed E-state index contributed by atoms with van der Waals surface area (Å²) in [6.07, 6.45) is 28.2. The number of allylic oxidation sites excluding steroid dienone is 8. The van der Waals surface area contributed by atoms with Crippen molar-refractivity contribution in [1.29, 1.82) is 0 Å². The average molecular weight is 424 g/mol. The van der Waals surface area contributed by atoms with Crippen molar-refractivity contribution in [3.05, 3.63) is 78.4 Å². The molecule has 1 aromatic rings. The third kappa shape index (κ3) is 15.9. The molecule has 0 atom stereocenters. The Morgan fingerprint density at radius 1 is 0.871 bits per heavy atom. The molecule has 31 heavy (non-hydrogen) atoms. The molecule has 0 spiro atoms. The van der Waals surface area contributed by atoms with Gasteiger partial charge in [-0.2, -0.15) is 0 Å². The highest BCUT2D eigenvalue weighted by atomic mass is 16.5. The van der Waals surface area contributed by atoms with Gasteiger partial charge in [0.2, 0.25) is 5.91 Å². The summed E-state index contributed by atoms with van der Waals surface area (Å²) in [4.78, 5) is 11.9. The third-order valence-corrected chi connectivity index (χ3v) is 4.86. The van der Waals surface area contributed by atoms with Crippen LogP contribution in [-0.4, -0.2) is 13.0 Å². The van der Waals surface area contributed by atoms with Crippen LogP contribution in [0.4, 0.5) is 0 Å². The Labute approximate surface area is 190 Å². The van der Waals surface area contributed by atoms with Crippen molar-refractivity contribution >= 4 is 5.91 Å². The first kappa shape index (κ1) is 26.5. The fraction of sp³-hybridized carbons (Fsp3) is 0.464. The second-order valence-electron chi connectivity index (χ2n) is 7.61. The maximum absolute atomic E-state index is 11.9. The summed E-state index contributed by atoms with van der Waals surface area (Å²) in [6, 6.07) is 7.77. The first-order chi connectivity index (χ1) is 15.3. The minimum atomic E-state index is 0.0960. The second-order valence-corrected chi connectivity index (χ2v) is 7.61. The van der Waals surface area contributed by atoms with Crippen molar-refractivity contribution in [3.8, 4) is 5.75 Å². The lowest BCUT2D eigenvalue weighted by Crippen LogP contribution is -2.22. The van der Waals surface area contributed by atoms with Crippen LogP contribution < -0.4 is 10.1 Å². The summed E-state index contributed by atoms with van der Waals surface area (Å²) < 4.78 is 5.20. The maximum atomic E-state index is 11.9. The van der Waals surface area contributed by atoms with Crippen LogP contribution in [0.3, 0.4) is 0 Å². The first-order valence-electron chi connectivity index (χ1n) is 11.8. The number of methoxy groups -OCH3 is 1. The van der Waals surface area contributed by atoms with E-state index in [1.54, 1.807) is 7.11 Å². The van der Waals surface area contributed by atoms with Crippen molar-refractivity contribution < 1.29 is 9.53 Å². The van der Waals surface area contributed by atoms with E-state index >= 15 is 0 Å². The maximum Gasteiger partial charge on any atom is 0.220 e. The van der Waals surface area contributed by atoms with Crippen molar-refractivity contribution in [2.45, 2.75) is 77.7 Å². The van der Waals surface area contributed by atoms with Gasteiger partial charge < -0.3 is 10.1 Å². The van der Waals surface area contributed by atoms with E-state index in [0.717, 1.165) is 43.4 Å². The third-order valence-electron chi connectivity index (χ3n) is 4.86. The Hall–Kier alpha value is -2.55. The largest absolute Gasteiger partial charge is 0.497 e. The summed E-state index contributed by atoms with van der Waals surface area (Å²) >= 11 is 0. The summed E-state index contributed by atoms with van der Waals surface area (Å²) in [6.45, 7) is 2.78. The van der Waals surface area contributed by atoms with Crippen LogP contribution in [0.15, 0.2) is 72.9 Å². The standard InChI is InChI=1S/C28H41NO2/c1-3-4-5-6-7-8-9-10-11-12-13-14-15-16-17-18-19-23-28(30)29-25-26-21-20-22-27(24-26)31-2/h7-8,10-11,13-14,16-17,20-22,24H,3-6,9,12,15,18-19,23,25H2,1-2H3,(H,29,30). The minimum Gasteiger partial charge on any atom is -0.497 e. The Morgan fingerprint density at radius 3 is 2.10 bits per heavy atom. The molecule has 0 bridgehead atoms. The molecular formula is C28H41NO2. The summed E-state index contributed by atoms with van der Waals surface area (Å²) in [5.41, 5.74) is 1.05. The van der Waals surface area contributed by atoms with Gasteiger partial charge in [-0.05, 0) is 62.6 Å². The molecule has 3 heteroatoms. The van der Waals surface area contributed by atoms with E-state index < -0.39 is 0 Å². The van der Waals surface area contributed by atoms with E-state index in [2.05, 4.69) is 60.8 Å². The normalized spacial score (nSPS) is 11.9. The van der Waals surface area contributed by atoms with E-state index in [0.29, 0.717) is 13.0 Å².